The van der Waals surface area contributed by atoms with Gasteiger partial charge in [0.25, 0.3) is 0 Å². The average molecular weight is 253 g/mol. The predicted molar refractivity (Wildman–Crippen MR) is 70.4 cm³/mol. The smallest absolute Gasteiger partial charge is 0.238 e. The van der Waals surface area contributed by atoms with E-state index in [1.807, 2.05) is 19.1 Å². The normalized spacial score (nSPS) is 14.7. The molecule has 0 saturated heterocycles. The highest BCUT2D eigenvalue weighted by atomic mass is 35.5. The van der Waals surface area contributed by atoms with E-state index in [4.69, 9.17) is 11.6 Å². The monoisotopic (exact) mass is 252 g/mol. The minimum atomic E-state index is -0.0400. The summed E-state index contributed by atoms with van der Waals surface area (Å²) < 4.78 is 0. The molecule has 0 spiro atoms. The highest BCUT2D eigenvalue weighted by molar-refractivity contribution is 6.33. The maximum Gasteiger partial charge on any atom is 0.238 e. The SMILES string of the molecule is Cc1cccc(Cl)c1NC(=O)CNCC1CC1. The number of halogens is 1. The first-order valence-electron chi connectivity index (χ1n) is 5.92. The van der Waals surface area contributed by atoms with Crippen LogP contribution in [0.15, 0.2) is 18.2 Å². The third-order valence-corrected chi connectivity index (χ3v) is 3.22. The molecule has 4 heteroatoms. The number of carbonyl (C=O) groups excluding carboxylic acids is 1. The Morgan fingerprint density at radius 3 is 2.88 bits per heavy atom. The highest BCUT2D eigenvalue weighted by Crippen LogP contribution is 2.27. The molecule has 0 radical (unpaired) electrons. The van der Waals surface area contributed by atoms with Crippen LogP contribution in [0.5, 0.6) is 0 Å². The summed E-state index contributed by atoms with van der Waals surface area (Å²) in [6.07, 6.45) is 2.58. The number of anilines is 1. The van der Waals surface area contributed by atoms with E-state index < -0.39 is 0 Å². The molecule has 1 fully saturated rings. The van der Waals surface area contributed by atoms with Crippen molar-refractivity contribution in [1.29, 1.82) is 0 Å². The number of rotatable bonds is 5. The van der Waals surface area contributed by atoms with Gasteiger partial charge in [-0.2, -0.15) is 0 Å². The molecular formula is C13H17ClN2O. The summed E-state index contributed by atoms with van der Waals surface area (Å²) in [5.74, 6) is 0.742. The van der Waals surface area contributed by atoms with Crippen molar-refractivity contribution < 1.29 is 4.79 Å². The van der Waals surface area contributed by atoms with E-state index in [2.05, 4.69) is 10.6 Å². The first-order chi connectivity index (χ1) is 8.16. The van der Waals surface area contributed by atoms with E-state index >= 15 is 0 Å². The number of carbonyl (C=O) groups is 1. The number of nitrogens with one attached hydrogen (secondary N) is 2. The number of hydrogen-bond acceptors (Lipinski definition) is 2. The van der Waals surface area contributed by atoms with Gasteiger partial charge in [0, 0.05) is 0 Å². The van der Waals surface area contributed by atoms with E-state index in [0.29, 0.717) is 17.3 Å². The average Bonchev–Trinajstić information content (AvgIpc) is 3.08. The maximum absolute atomic E-state index is 11.7. The number of hydrogen-bond donors (Lipinski definition) is 2. The molecule has 1 aliphatic rings. The minimum Gasteiger partial charge on any atom is -0.323 e. The molecule has 0 heterocycles. The van der Waals surface area contributed by atoms with Crippen molar-refractivity contribution in [2.24, 2.45) is 5.92 Å². The van der Waals surface area contributed by atoms with Crippen molar-refractivity contribution >= 4 is 23.2 Å². The van der Waals surface area contributed by atoms with E-state index in [1.165, 1.54) is 12.8 Å². The summed E-state index contributed by atoms with van der Waals surface area (Å²) in [6, 6.07) is 5.58. The largest absolute Gasteiger partial charge is 0.323 e. The number of aryl methyl sites for hydroxylation is 1. The topological polar surface area (TPSA) is 41.1 Å². The minimum absolute atomic E-state index is 0.0400. The van der Waals surface area contributed by atoms with Gasteiger partial charge in [-0.05, 0) is 43.9 Å². The summed E-state index contributed by atoms with van der Waals surface area (Å²) in [6.45, 7) is 3.22. The Labute approximate surface area is 107 Å². The van der Waals surface area contributed by atoms with Crippen LogP contribution in [-0.4, -0.2) is 19.0 Å². The van der Waals surface area contributed by atoms with Crippen molar-refractivity contribution in [2.45, 2.75) is 19.8 Å². The lowest BCUT2D eigenvalue weighted by Gasteiger charge is -2.10. The van der Waals surface area contributed by atoms with Crippen LogP contribution in [0.2, 0.25) is 5.02 Å². The summed E-state index contributed by atoms with van der Waals surface area (Å²) in [4.78, 5) is 11.7. The predicted octanol–water partition coefficient (Wildman–Crippen LogP) is 2.59. The molecule has 0 bridgehead atoms. The van der Waals surface area contributed by atoms with Crippen LogP contribution < -0.4 is 10.6 Å². The zero-order valence-electron chi connectivity index (χ0n) is 9.92. The maximum atomic E-state index is 11.7. The molecule has 2 N–H and O–H groups in total. The molecule has 1 saturated carbocycles. The van der Waals surface area contributed by atoms with Gasteiger partial charge in [0.15, 0.2) is 0 Å². The van der Waals surface area contributed by atoms with Gasteiger partial charge in [0.2, 0.25) is 5.91 Å². The molecular weight excluding hydrogens is 236 g/mol. The van der Waals surface area contributed by atoms with Crippen molar-refractivity contribution in [2.75, 3.05) is 18.4 Å². The van der Waals surface area contributed by atoms with Crippen LogP contribution in [0.3, 0.4) is 0 Å². The number of para-hydroxylation sites is 1. The Kier molecular flexibility index (Phi) is 4.02. The van der Waals surface area contributed by atoms with Crippen molar-refractivity contribution in [1.82, 2.24) is 5.32 Å². The second-order valence-electron chi connectivity index (χ2n) is 4.55. The molecule has 2 rings (SSSR count). The summed E-state index contributed by atoms with van der Waals surface area (Å²) >= 11 is 6.03. The van der Waals surface area contributed by atoms with Crippen LogP contribution in [0.1, 0.15) is 18.4 Å². The van der Waals surface area contributed by atoms with E-state index in [-0.39, 0.29) is 5.91 Å². The van der Waals surface area contributed by atoms with Crippen LogP contribution >= 0.6 is 11.6 Å². The van der Waals surface area contributed by atoms with Crippen LogP contribution in [0, 0.1) is 12.8 Å². The summed E-state index contributed by atoms with van der Waals surface area (Å²) in [5.41, 5.74) is 1.69. The quantitative estimate of drug-likeness (QED) is 0.846. The molecule has 92 valence electrons. The Bertz CT molecular complexity index is 396. The molecule has 1 aliphatic carbocycles. The lowest BCUT2D eigenvalue weighted by Crippen LogP contribution is -2.29. The Balaban J connectivity index is 1.84. The van der Waals surface area contributed by atoms with Gasteiger partial charge in [0.1, 0.15) is 0 Å². The van der Waals surface area contributed by atoms with Crippen LogP contribution in [-0.2, 0) is 4.79 Å². The Morgan fingerprint density at radius 1 is 1.47 bits per heavy atom. The first kappa shape index (κ1) is 12.4. The standard InChI is InChI=1S/C13H17ClN2O/c1-9-3-2-4-11(14)13(9)16-12(17)8-15-7-10-5-6-10/h2-4,10,15H,5-8H2,1H3,(H,16,17). The molecule has 0 aliphatic heterocycles. The van der Waals surface area contributed by atoms with Gasteiger partial charge in [-0.3, -0.25) is 4.79 Å². The molecule has 0 unspecified atom stereocenters. The van der Waals surface area contributed by atoms with Crippen molar-refractivity contribution in [3.63, 3.8) is 0 Å². The fourth-order valence-electron chi connectivity index (χ4n) is 1.69. The molecule has 0 atom stereocenters. The van der Waals surface area contributed by atoms with E-state index in [0.717, 1.165) is 18.0 Å². The highest BCUT2D eigenvalue weighted by Gasteiger charge is 2.20. The first-order valence-corrected chi connectivity index (χ1v) is 6.30. The van der Waals surface area contributed by atoms with Gasteiger partial charge in [-0.15, -0.1) is 0 Å². The van der Waals surface area contributed by atoms with Gasteiger partial charge in [0.05, 0.1) is 17.3 Å². The van der Waals surface area contributed by atoms with Gasteiger partial charge in [-0.25, -0.2) is 0 Å². The lowest BCUT2D eigenvalue weighted by atomic mass is 10.2. The third kappa shape index (κ3) is 3.72. The second kappa shape index (κ2) is 5.52. The van der Waals surface area contributed by atoms with Gasteiger partial charge >= 0.3 is 0 Å². The van der Waals surface area contributed by atoms with Gasteiger partial charge < -0.3 is 10.6 Å². The van der Waals surface area contributed by atoms with Crippen molar-refractivity contribution in [3.05, 3.63) is 28.8 Å². The molecule has 17 heavy (non-hydrogen) atoms. The molecule has 3 nitrogen and oxygen atoms in total. The number of benzene rings is 1. The molecule has 1 aromatic rings. The van der Waals surface area contributed by atoms with E-state index in [9.17, 15) is 4.79 Å². The van der Waals surface area contributed by atoms with E-state index in [1.54, 1.807) is 6.07 Å². The fraction of sp³-hybridized carbons (Fsp3) is 0.462. The zero-order chi connectivity index (χ0) is 12.3. The second-order valence-corrected chi connectivity index (χ2v) is 4.96. The molecule has 1 amide bonds. The summed E-state index contributed by atoms with van der Waals surface area (Å²) in [7, 11) is 0. The molecule has 1 aromatic carbocycles. The molecule has 0 aromatic heterocycles. The number of amides is 1. The summed E-state index contributed by atoms with van der Waals surface area (Å²) in [5, 5.41) is 6.57. The van der Waals surface area contributed by atoms with Crippen LogP contribution in [0.4, 0.5) is 5.69 Å². The Hall–Kier alpha value is -1.06. The fourth-order valence-corrected chi connectivity index (χ4v) is 1.95. The van der Waals surface area contributed by atoms with Gasteiger partial charge in [-0.1, -0.05) is 23.7 Å². The Morgan fingerprint density at radius 2 is 2.24 bits per heavy atom. The third-order valence-electron chi connectivity index (χ3n) is 2.90. The van der Waals surface area contributed by atoms with Crippen LogP contribution in [0.25, 0.3) is 0 Å². The van der Waals surface area contributed by atoms with Crippen molar-refractivity contribution in [3.8, 4) is 0 Å². The lowest BCUT2D eigenvalue weighted by molar-refractivity contribution is -0.115. The zero-order valence-corrected chi connectivity index (χ0v) is 10.7.